The average Bonchev–Trinajstić information content (AvgIpc) is 2.90. The quantitative estimate of drug-likeness (QED) is 0.0727. The molecule has 0 aliphatic rings. The molecule has 0 aliphatic carbocycles. The Hall–Kier alpha value is -0.420. The van der Waals surface area contributed by atoms with Crippen molar-refractivity contribution < 1.29 is 175 Å². The molecule has 0 saturated heterocycles. The predicted octanol–water partition coefficient (Wildman–Crippen LogP) is -9.70. The van der Waals surface area contributed by atoms with Crippen molar-refractivity contribution in [2.75, 3.05) is 5.73 Å². The molecule has 0 aromatic heterocycles. The molecule has 0 atom stereocenters. The first-order valence-electron chi connectivity index (χ1n) is 11.2. The second-order valence-corrected chi connectivity index (χ2v) is 14.0. The molecule has 0 fully saturated rings. The SMILES string of the molecule is Nc1c(N=Nc2ccc(S(=O)(=O)[O-])cc2)c(S(=O)(=O)[O-])cc2cc(S(=O)(=O)O)c(N=Nc3cccc(S(=O)(=O)[O-])c3)c([O-])c12.[Na+].[Na+].[Na+].[Na+]. The Kier molecular flexibility index (Phi) is 17.7. The molecule has 4 aromatic carbocycles. The van der Waals surface area contributed by atoms with E-state index >= 15 is 0 Å². The zero-order chi connectivity index (χ0) is 32.8. The van der Waals surface area contributed by atoms with Crippen molar-refractivity contribution in [2.45, 2.75) is 19.6 Å². The van der Waals surface area contributed by atoms with E-state index in [9.17, 15) is 57.0 Å². The summed E-state index contributed by atoms with van der Waals surface area (Å²) in [4.78, 5) is -3.74. The molecule has 0 saturated carbocycles. The summed E-state index contributed by atoms with van der Waals surface area (Å²) in [6.07, 6.45) is 0. The molecule has 0 aliphatic heterocycles. The zero-order valence-corrected chi connectivity index (χ0v) is 36.4. The maximum atomic E-state index is 13.4. The molecule has 0 heterocycles. The van der Waals surface area contributed by atoms with Crippen LogP contribution in [0.1, 0.15) is 0 Å². The summed E-state index contributed by atoms with van der Waals surface area (Å²) in [6, 6.07) is 8.72. The molecule has 0 amide bonds. The van der Waals surface area contributed by atoms with Crippen LogP contribution in [0.2, 0.25) is 0 Å². The summed E-state index contributed by atoms with van der Waals surface area (Å²) < 4.78 is 137. The Labute approximate surface area is 361 Å². The second kappa shape index (κ2) is 17.9. The van der Waals surface area contributed by atoms with Crippen molar-refractivity contribution in [1.82, 2.24) is 0 Å². The topological polar surface area (TPSA) is 324 Å². The Morgan fingerprint density at radius 3 is 1.58 bits per heavy atom. The van der Waals surface area contributed by atoms with Gasteiger partial charge in [0.05, 0.1) is 37.4 Å². The largest absolute Gasteiger partial charge is 1.00 e. The first kappa shape index (κ1) is 47.6. The number of rotatable bonds is 8. The maximum Gasteiger partial charge on any atom is 1.00 e. The van der Waals surface area contributed by atoms with E-state index in [2.05, 4.69) is 20.5 Å². The van der Waals surface area contributed by atoms with Crippen LogP contribution < -0.4 is 129 Å². The van der Waals surface area contributed by atoms with Gasteiger partial charge in [0, 0.05) is 5.39 Å². The number of nitrogens with zero attached hydrogens (tertiary/aromatic N) is 4. The number of hydrogen-bond donors (Lipinski definition) is 2. The van der Waals surface area contributed by atoms with Crippen molar-refractivity contribution >= 4 is 79.7 Å². The predicted molar refractivity (Wildman–Crippen MR) is 143 cm³/mol. The summed E-state index contributed by atoms with van der Waals surface area (Å²) in [5.74, 6) is -1.37. The molecule has 4 aromatic rings. The molecule has 0 bridgehead atoms. The third-order valence-electron chi connectivity index (χ3n) is 5.61. The third-order valence-corrected chi connectivity index (χ3v) is 9.00. The van der Waals surface area contributed by atoms with Gasteiger partial charge in [0.25, 0.3) is 10.1 Å². The van der Waals surface area contributed by atoms with Crippen LogP contribution in [0.4, 0.5) is 28.4 Å². The Balaban J connectivity index is 0.00000552. The van der Waals surface area contributed by atoms with E-state index in [1.807, 2.05) is 0 Å². The molecule has 0 unspecified atom stereocenters. The van der Waals surface area contributed by atoms with E-state index in [1.54, 1.807) is 0 Å². The Bertz CT molecular complexity index is 2360. The summed E-state index contributed by atoms with van der Waals surface area (Å²) in [5.41, 5.74) is 2.71. The van der Waals surface area contributed by atoms with Gasteiger partial charge in [0.1, 0.15) is 40.9 Å². The molecule has 0 spiro atoms. The van der Waals surface area contributed by atoms with E-state index in [4.69, 9.17) is 5.73 Å². The third kappa shape index (κ3) is 11.3. The second-order valence-electron chi connectivity index (χ2n) is 8.52. The fraction of sp³-hybridized carbons (Fsp3) is 0. The van der Waals surface area contributed by atoms with Crippen LogP contribution in [0.3, 0.4) is 0 Å². The number of fused-ring (bicyclic) bond motifs is 1. The van der Waals surface area contributed by atoms with Crippen molar-refractivity contribution in [1.29, 1.82) is 0 Å². The number of nitrogen functional groups attached to an aromatic ring is 1. The summed E-state index contributed by atoms with van der Waals surface area (Å²) in [5, 5.41) is 26.5. The van der Waals surface area contributed by atoms with E-state index in [0.29, 0.717) is 12.1 Å². The van der Waals surface area contributed by atoms with Gasteiger partial charge in [-0.15, -0.1) is 10.2 Å². The van der Waals surface area contributed by atoms with Crippen LogP contribution in [0.5, 0.6) is 5.75 Å². The fourth-order valence-electron chi connectivity index (χ4n) is 3.68. The van der Waals surface area contributed by atoms with Crippen molar-refractivity contribution in [3.8, 4) is 5.75 Å². The van der Waals surface area contributed by atoms with Crippen LogP contribution in [-0.4, -0.2) is 51.9 Å². The molecular weight excluding hydrogens is 762 g/mol. The van der Waals surface area contributed by atoms with Crippen LogP contribution >= 0.6 is 0 Å². The van der Waals surface area contributed by atoms with E-state index < -0.39 is 93.6 Å². The molecular formula is C22H13N5Na4O13S4. The summed E-state index contributed by atoms with van der Waals surface area (Å²) in [6.45, 7) is 0. The van der Waals surface area contributed by atoms with Crippen LogP contribution in [0.25, 0.3) is 10.8 Å². The molecule has 4 rings (SSSR count). The van der Waals surface area contributed by atoms with Gasteiger partial charge >= 0.3 is 118 Å². The Morgan fingerprint density at radius 2 is 1.08 bits per heavy atom. The van der Waals surface area contributed by atoms with Gasteiger partial charge in [-0.2, -0.15) is 18.6 Å². The number of benzene rings is 4. The molecule has 26 heteroatoms. The molecule has 18 nitrogen and oxygen atoms in total. The van der Waals surface area contributed by atoms with Crippen molar-refractivity contribution in [3.63, 3.8) is 0 Å². The van der Waals surface area contributed by atoms with E-state index in [1.165, 1.54) is 0 Å². The average molecular weight is 776 g/mol. The smallest absolute Gasteiger partial charge is 0.870 e. The van der Waals surface area contributed by atoms with Gasteiger partial charge in [-0.1, -0.05) is 11.8 Å². The van der Waals surface area contributed by atoms with Crippen LogP contribution in [-0.2, 0) is 40.5 Å². The van der Waals surface area contributed by atoms with Crippen molar-refractivity contribution in [2.24, 2.45) is 20.5 Å². The summed E-state index contributed by atoms with van der Waals surface area (Å²) in [7, 11) is -20.5. The number of anilines is 1. The minimum Gasteiger partial charge on any atom is -0.870 e. The Morgan fingerprint density at radius 1 is 0.583 bits per heavy atom. The number of azo groups is 2. The van der Waals surface area contributed by atoms with Crippen LogP contribution in [0.15, 0.2) is 101 Å². The minimum absolute atomic E-state index is 0. The maximum absolute atomic E-state index is 13.4. The van der Waals surface area contributed by atoms with Gasteiger partial charge in [-0.3, -0.25) is 4.55 Å². The number of nitrogens with two attached hydrogens (primary N) is 1. The first-order valence-corrected chi connectivity index (χ1v) is 16.8. The first-order chi connectivity index (χ1) is 20.2. The van der Waals surface area contributed by atoms with Gasteiger partial charge in [-0.05, 0) is 60.0 Å². The van der Waals surface area contributed by atoms with Gasteiger partial charge in [-0.25, -0.2) is 25.3 Å². The molecule has 232 valence electrons. The molecule has 3 N–H and O–H groups in total. The standard InChI is InChI=1S/C22H17N5O13S4.4Na/c23-19-18-11(8-16(43(35,36)37)20(19)26-24-12-4-6-14(7-5-12)41(29,30)31)9-17(44(38,39)40)21(22(18)28)27-25-13-2-1-3-15(10-13)42(32,33)34;;;;/h1-10,28H,23H2,(H,29,30,31)(H,32,33,34)(H,35,36,37)(H,38,39,40);;;;/q;4*+1/p-4. The normalized spacial score (nSPS) is 12.2. The minimum atomic E-state index is -5.45. The van der Waals surface area contributed by atoms with Gasteiger partial charge < -0.3 is 24.5 Å². The van der Waals surface area contributed by atoms with Gasteiger partial charge in [0.15, 0.2) is 0 Å². The monoisotopic (exact) mass is 775 g/mol. The van der Waals surface area contributed by atoms with E-state index in [0.717, 1.165) is 48.5 Å². The van der Waals surface area contributed by atoms with Gasteiger partial charge in [0.2, 0.25) is 0 Å². The summed E-state index contributed by atoms with van der Waals surface area (Å²) >= 11 is 0. The van der Waals surface area contributed by atoms with E-state index in [-0.39, 0.29) is 130 Å². The number of hydrogen-bond acceptors (Lipinski definition) is 17. The van der Waals surface area contributed by atoms with Crippen molar-refractivity contribution in [3.05, 3.63) is 60.7 Å². The zero-order valence-electron chi connectivity index (χ0n) is 25.1. The molecule has 48 heavy (non-hydrogen) atoms. The van der Waals surface area contributed by atoms with Crippen LogP contribution in [0, 0.1) is 0 Å². The fourth-order valence-corrected chi connectivity index (χ4v) is 5.97. The molecule has 0 radical (unpaired) electrons.